The summed E-state index contributed by atoms with van der Waals surface area (Å²) in [6, 6.07) is 13.6. The highest BCUT2D eigenvalue weighted by Gasteiger charge is 2.14. The minimum absolute atomic E-state index is 0.00484. The monoisotopic (exact) mass is 301 g/mol. The molecule has 0 spiro atoms. The van der Waals surface area contributed by atoms with E-state index in [9.17, 15) is 9.59 Å². The van der Waals surface area contributed by atoms with Crippen molar-refractivity contribution in [2.24, 2.45) is 0 Å². The van der Waals surface area contributed by atoms with Crippen molar-refractivity contribution in [3.8, 4) is 0 Å². The number of carbonyl (C=O) groups excluding carboxylic acids is 2. The van der Waals surface area contributed by atoms with E-state index < -0.39 is 0 Å². The minimum atomic E-state index is -0.109. The molecule has 1 N–H and O–H groups in total. The van der Waals surface area contributed by atoms with Crippen LogP contribution in [0.2, 0.25) is 0 Å². The number of thiophene rings is 1. The molecule has 0 aliphatic carbocycles. The van der Waals surface area contributed by atoms with Crippen molar-refractivity contribution in [1.82, 2.24) is 5.32 Å². The summed E-state index contributed by atoms with van der Waals surface area (Å²) >= 11 is 1.24. The lowest BCUT2D eigenvalue weighted by Gasteiger charge is -2.15. The number of hydrogen-bond donors (Lipinski definition) is 1. The Morgan fingerprint density at radius 1 is 1.10 bits per heavy atom. The maximum atomic E-state index is 12.1. The second-order valence-corrected chi connectivity index (χ2v) is 6.03. The van der Waals surface area contributed by atoms with Crippen LogP contribution in [-0.4, -0.2) is 18.2 Å². The van der Waals surface area contributed by atoms with E-state index in [0.717, 1.165) is 6.42 Å². The van der Waals surface area contributed by atoms with E-state index >= 15 is 0 Å². The lowest BCUT2D eigenvalue weighted by Crippen LogP contribution is -2.27. The third-order valence-corrected chi connectivity index (χ3v) is 4.63. The Labute approximate surface area is 129 Å². The number of rotatable bonds is 6. The number of benzene rings is 1. The zero-order valence-corrected chi connectivity index (χ0v) is 13.1. The van der Waals surface area contributed by atoms with Crippen molar-refractivity contribution >= 4 is 23.0 Å². The standard InChI is InChI=1S/C17H19NO2S/c1-3-13(14-7-5-4-6-8-14)11-18-17(20)16-10-9-15(21-16)12(2)19/h4-10,13H,3,11H2,1-2H3,(H,18,20)/t13-/m0/s1. The molecule has 110 valence electrons. The van der Waals surface area contributed by atoms with E-state index in [1.807, 2.05) is 18.2 Å². The fraction of sp³-hybridized carbons (Fsp3) is 0.294. The van der Waals surface area contributed by atoms with Crippen LogP contribution >= 0.6 is 11.3 Å². The highest BCUT2D eigenvalue weighted by Crippen LogP contribution is 2.20. The van der Waals surface area contributed by atoms with E-state index in [4.69, 9.17) is 0 Å². The minimum Gasteiger partial charge on any atom is -0.351 e. The topological polar surface area (TPSA) is 46.2 Å². The molecule has 0 aliphatic heterocycles. The third-order valence-electron chi connectivity index (χ3n) is 3.45. The van der Waals surface area contributed by atoms with Crippen molar-refractivity contribution in [2.45, 2.75) is 26.2 Å². The van der Waals surface area contributed by atoms with E-state index in [1.54, 1.807) is 12.1 Å². The Bertz CT molecular complexity index is 619. The Morgan fingerprint density at radius 2 is 1.76 bits per heavy atom. The fourth-order valence-electron chi connectivity index (χ4n) is 2.18. The smallest absolute Gasteiger partial charge is 0.261 e. The van der Waals surface area contributed by atoms with Crippen LogP contribution in [0.4, 0.5) is 0 Å². The molecule has 1 aromatic heterocycles. The molecule has 0 saturated heterocycles. The molecule has 0 aliphatic rings. The van der Waals surface area contributed by atoms with Crippen LogP contribution in [0.25, 0.3) is 0 Å². The molecule has 1 aromatic carbocycles. The number of carbonyl (C=O) groups is 2. The molecule has 0 saturated carbocycles. The quantitative estimate of drug-likeness (QED) is 0.823. The third kappa shape index (κ3) is 4.02. The molecule has 1 heterocycles. The van der Waals surface area contributed by atoms with E-state index in [1.165, 1.54) is 23.8 Å². The molecule has 21 heavy (non-hydrogen) atoms. The van der Waals surface area contributed by atoms with Gasteiger partial charge >= 0.3 is 0 Å². The van der Waals surface area contributed by atoms with Gasteiger partial charge in [0, 0.05) is 12.5 Å². The Kier molecular flexibility index (Phi) is 5.28. The average molecular weight is 301 g/mol. The predicted molar refractivity (Wildman–Crippen MR) is 86.1 cm³/mol. The Morgan fingerprint density at radius 3 is 2.33 bits per heavy atom. The van der Waals surface area contributed by atoms with Gasteiger partial charge in [-0.3, -0.25) is 9.59 Å². The van der Waals surface area contributed by atoms with Crippen LogP contribution < -0.4 is 5.32 Å². The largest absolute Gasteiger partial charge is 0.351 e. The molecule has 4 heteroatoms. The van der Waals surface area contributed by atoms with Crippen molar-refractivity contribution in [3.05, 3.63) is 57.8 Å². The zero-order valence-electron chi connectivity index (χ0n) is 12.3. The normalized spacial score (nSPS) is 11.9. The van der Waals surface area contributed by atoms with Crippen LogP contribution in [0.3, 0.4) is 0 Å². The van der Waals surface area contributed by atoms with Gasteiger partial charge in [-0.2, -0.15) is 0 Å². The van der Waals surface area contributed by atoms with Gasteiger partial charge in [-0.15, -0.1) is 11.3 Å². The van der Waals surface area contributed by atoms with Gasteiger partial charge in [0.25, 0.3) is 5.91 Å². The Hall–Kier alpha value is -1.94. The summed E-state index contributed by atoms with van der Waals surface area (Å²) in [6.45, 7) is 4.23. The maximum absolute atomic E-state index is 12.1. The van der Waals surface area contributed by atoms with Crippen LogP contribution in [-0.2, 0) is 0 Å². The van der Waals surface area contributed by atoms with E-state index in [2.05, 4.69) is 24.4 Å². The molecule has 0 radical (unpaired) electrons. The molecule has 2 rings (SSSR count). The molecule has 0 fully saturated rings. The van der Waals surface area contributed by atoms with E-state index in [-0.39, 0.29) is 11.7 Å². The van der Waals surface area contributed by atoms with Crippen molar-refractivity contribution in [1.29, 1.82) is 0 Å². The van der Waals surface area contributed by atoms with E-state index in [0.29, 0.717) is 22.2 Å². The summed E-state index contributed by atoms with van der Waals surface area (Å²) in [5, 5.41) is 2.96. The summed E-state index contributed by atoms with van der Waals surface area (Å²) < 4.78 is 0. The predicted octanol–water partition coefficient (Wildman–Crippen LogP) is 3.87. The highest BCUT2D eigenvalue weighted by molar-refractivity contribution is 7.15. The molecule has 3 nitrogen and oxygen atoms in total. The first kappa shape index (κ1) is 15.4. The van der Waals surface area contributed by atoms with Gasteiger partial charge in [0.05, 0.1) is 9.75 Å². The van der Waals surface area contributed by atoms with Gasteiger partial charge in [0.15, 0.2) is 5.78 Å². The molecule has 1 amide bonds. The van der Waals surface area contributed by atoms with Crippen LogP contribution in [0.15, 0.2) is 42.5 Å². The second-order valence-electron chi connectivity index (χ2n) is 4.95. The number of nitrogens with one attached hydrogen (secondary N) is 1. The molecular weight excluding hydrogens is 282 g/mol. The van der Waals surface area contributed by atoms with Crippen molar-refractivity contribution in [2.75, 3.05) is 6.54 Å². The summed E-state index contributed by atoms with van der Waals surface area (Å²) in [6.07, 6.45) is 0.966. The van der Waals surface area contributed by atoms with Crippen LogP contribution in [0.1, 0.15) is 51.1 Å². The van der Waals surface area contributed by atoms with Gasteiger partial charge < -0.3 is 5.32 Å². The number of amides is 1. The Balaban J connectivity index is 1.97. The summed E-state index contributed by atoms with van der Waals surface area (Å²) in [5.74, 6) is 0.194. The number of ketones is 1. The molecule has 0 unspecified atom stereocenters. The highest BCUT2D eigenvalue weighted by atomic mass is 32.1. The van der Waals surface area contributed by atoms with Gasteiger partial charge in [-0.1, -0.05) is 37.3 Å². The molecule has 1 atom stereocenters. The first-order chi connectivity index (χ1) is 10.1. The maximum Gasteiger partial charge on any atom is 0.261 e. The molecule has 0 bridgehead atoms. The fourth-order valence-corrected chi connectivity index (χ4v) is 2.99. The summed E-state index contributed by atoms with van der Waals surface area (Å²) in [5.41, 5.74) is 1.23. The van der Waals surface area contributed by atoms with Crippen LogP contribution in [0, 0.1) is 0 Å². The van der Waals surface area contributed by atoms with Crippen molar-refractivity contribution in [3.63, 3.8) is 0 Å². The first-order valence-corrected chi connectivity index (χ1v) is 7.87. The van der Waals surface area contributed by atoms with Crippen LogP contribution in [0.5, 0.6) is 0 Å². The first-order valence-electron chi connectivity index (χ1n) is 7.05. The second kappa shape index (κ2) is 7.18. The van der Waals surface area contributed by atoms with Gasteiger partial charge in [0.2, 0.25) is 0 Å². The van der Waals surface area contributed by atoms with Crippen molar-refractivity contribution < 1.29 is 9.59 Å². The lowest BCUT2D eigenvalue weighted by molar-refractivity contribution is 0.0954. The lowest BCUT2D eigenvalue weighted by atomic mass is 9.96. The summed E-state index contributed by atoms with van der Waals surface area (Å²) in [7, 11) is 0. The molecular formula is C17H19NO2S. The van der Waals surface area contributed by atoms with Gasteiger partial charge in [0.1, 0.15) is 0 Å². The number of Topliss-reactive ketones (excluding diaryl/α,β-unsaturated/α-hetero) is 1. The zero-order chi connectivity index (χ0) is 15.2. The molecule has 2 aromatic rings. The average Bonchev–Trinajstić information content (AvgIpc) is 2.99. The SMILES string of the molecule is CC[C@@H](CNC(=O)c1ccc(C(C)=O)s1)c1ccccc1. The summed E-state index contributed by atoms with van der Waals surface area (Å²) in [4.78, 5) is 24.6. The van der Waals surface area contributed by atoms with Gasteiger partial charge in [-0.25, -0.2) is 0 Å². The number of hydrogen-bond acceptors (Lipinski definition) is 3. The van der Waals surface area contributed by atoms with Gasteiger partial charge in [-0.05, 0) is 31.0 Å².